The maximum absolute atomic E-state index is 12.7. The van der Waals surface area contributed by atoms with Crippen LogP contribution in [0.2, 0.25) is 0 Å². The van der Waals surface area contributed by atoms with Gasteiger partial charge in [-0.25, -0.2) is 4.98 Å². The van der Waals surface area contributed by atoms with Crippen molar-refractivity contribution in [2.45, 2.75) is 39.2 Å². The van der Waals surface area contributed by atoms with E-state index in [4.69, 9.17) is 4.74 Å². The summed E-state index contributed by atoms with van der Waals surface area (Å²) in [5.74, 6) is 0.639. The van der Waals surface area contributed by atoms with Gasteiger partial charge in [0.05, 0.1) is 6.61 Å². The largest absolute Gasteiger partial charge is 0.381 e. The number of ether oxygens (including phenoxy) is 1. The molecule has 2 aliphatic heterocycles. The fourth-order valence-electron chi connectivity index (χ4n) is 4.17. The standard InChI is InChI=1S/C22H29N3O2S/c1-15-3-4-19(16(2)11-15)22-24-20(14-28-22)21(26)23-18-5-8-25(9-6-18)12-17-7-10-27-13-17/h3-4,11,14,17-18H,5-10,12-13H2,1-2H3,(H,23,26). The first-order chi connectivity index (χ1) is 13.6. The number of likely N-dealkylation sites (tertiary alicyclic amines) is 1. The van der Waals surface area contributed by atoms with Crippen LogP contribution in [-0.2, 0) is 4.74 Å². The molecule has 6 heteroatoms. The van der Waals surface area contributed by atoms with E-state index >= 15 is 0 Å². The lowest BCUT2D eigenvalue weighted by Gasteiger charge is -2.33. The fraction of sp³-hybridized carbons (Fsp3) is 0.545. The molecule has 1 atom stereocenters. The number of hydrogen-bond acceptors (Lipinski definition) is 5. The Balaban J connectivity index is 1.30. The number of nitrogens with one attached hydrogen (secondary N) is 1. The Kier molecular flexibility index (Phi) is 6.09. The van der Waals surface area contributed by atoms with Gasteiger partial charge in [0.2, 0.25) is 0 Å². The third-order valence-electron chi connectivity index (χ3n) is 5.81. The molecule has 0 aliphatic carbocycles. The Hall–Kier alpha value is -1.76. The zero-order valence-electron chi connectivity index (χ0n) is 16.7. The van der Waals surface area contributed by atoms with E-state index in [0.29, 0.717) is 11.6 Å². The highest BCUT2D eigenvalue weighted by Gasteiger charge is 2.25. The minimum atomic E-state index is -0.0464. The number of aromatic nitrogens is 1. The minimum Gasteiger partial charge on any atom is -0.381 e. The number of hydrogen-bond donors (Lipinski definition) is 1. The van der Waals surface area contributed by atoms with Gasteiger partial charge >= 0.3 is 0 Å². The topological polar surface area (TPSA) is 54.5 Å². The molecule has 5 nitrogen and oxygen atoms in total. The second-order valence-electron chi connectivity index (χ2n) is 8.13. The van der Waals surface area contributed by atoms with E-state index in [1.807, 2.05) is 5.38 Å². The first kappa shape index (κ1) is 19.6. The molecule has 4 rings (SSSR count). The van der Waals surface area contributed by atoms with Gasteiger partial charge in [0.15, 0.2) is 0 Å². The lowest BCUT2D eigenvalue weighted by molar-refractivity contribution is 0.0899. The van der Waals surface area contributed by atoms with Crippen LogP contribution < -0.4 is 5.32 Å². The Bertz CT molecular complexity index is 821. The van der Waals surface area contributed by atoms with Crippen molar-refractivity contribution in [3.63, 3.8) is 0 Å². The summed E-state index contributed by atoms with van der Waals surface area (Å²) in [4.78, 5) is 19.8. The molecule has 0 bridgehead atoms. The van der Waals surface area contributed by atoms with Crippen LogP contribution in [0.4, 0.5) is 0 Å². The van der Waals surface area contributed by atoms with E-state index in [1.54, 1.807) is 0 Å². The Labute approximate surface area is 171 Å². The number of rotatable bonds is 5. The van der Waals surface area contributed by atoms with E-state index in [2.05, 4.69) is 47.2 Å². The smallest absolute Gasteiger partial charge is 0.270 e. The number of aryl methyl sites for hydroxylation is 2. The summed E-state index contributed by atoms with van der Waals surface area (Å²) in [5.41, 5.74) is 4.08. The number of carbonyl (C=O) groups is 1. The molecule has 0 spiro atoms. The van der Waals surface area contributed by atoms with Crippen LogP contribution >= 0.6 is 11.3 Å². The maximum Gasteiger partial charge on any atom is 0.270 e. The van der Waals surface area contributed by atoms with E-state index in [0.717, 1.165) is 56.3 Å². The molecule has 1 aromatic carbocycles. The van der Waals surface area contributed by atoms with Gasteiger partial charge in [-0.1, -0.05) is 23.8 Å². The third-order valence-corrected chi connectivity index (χ3v) is 6.69. The van der Waals surface area contributed by atoms with Gasteiger partial charge in [-0.2, -0.15) is 0 Å². The van der Waals surface area contributed by atoms with Gasteiger partial charge in [0, 0.05) is 43.2 Å². The van der Waals surface area contributed by atoms with Crippen LogP contribution in [0.3, 0.4) is 0 Å². The quantitative estimate of drug-likeness (QED) is 0.834. The van der Waals surface area contributed by atoms with Crippen molar-refractivity contribution in [2.24, 2.45) is 5.92 Å². The molecule has 1 amide bonds. The SMILES string of the molecule is Cc1ccc(-c2nc(C(=O)NC3CCN(CC4CCOC4)CC3)cs2)c(C)c1. The lowest BCUT2D eigenvalue weighted by atomic mass is 10.0. The fourth-order valence-corrected chi connectivity index (χ4v) is 5.06. The van der Waals surface area contributed by atoms with E-state index in [9.17, 15) is 4.79 Å². The minimum absolute atomic E-state index is 0.0464. The molecule has 2 aromatic rings. The van der Waals surface area contributed by atoms with Crippen LogP contribution in [0, 0.1) is 19.8 Å². The lowest BCUT2D eigenvalue weighted by Crippen LogP contribution is -2.45. The van der Waals surface area contributed by atoms with Gasteiger partial charge in [0.25, 0.3) is 5.91 Å². The van der Waals surface area contributed by atoms with Crippen molar-refractivity contribution in [2.75, 3.05) is 32.8 Å². The first-order valence-electron chi connectivity index (χ1n) is 10.2. The van der Waals surface area contributed by atoms with Crippen molar-refractivity contribution in [1.82, 2.24) is 15.2 Å². The summed E-state index contributed by atoms with van der Waals surface area (Å²) in [5, 5.41) is 5.98. The third kappa shape index (κ3) is 4.62. The summed E-state index contributed by atoms with van der Waals surface area (Å²) < 4.78 is 5.48. The predicted octanol–water partition coefficient (Wildman–Crippen LogP) is 3.66. The number of benzene rings is 1. The second-order valence-corrected chi connectivity index (χ2v) is 8.99. The molecule has 2 fully saturated rings. The maximum atomic E-state index is 12.7. The van der Waals surface area contributed by atoms with Crippen molar-refractivity contribution >= 4 is 17.2 Å². The number of thiazole rings is 1. The molecule has 0 radical (unpaired) electrons. The van der Waals surface area contributed by atoms with Crippen molar-refractivity contribution in [3.8, 4) is 10.6 Å². The average molecular weight is 400 g/mol. The number of nitrogens with zero attached hydrogens (tertiary/aromatic N) is 2. The van der Waals surface area contributed by atoms with Crippen LogP contribution in [0.15, 0.2) is 23.6 Å². The number of piperidine rings is 1. The summed E-state index contributed by atoms with van der Waals surface area (Å²) >= 11 is 1.54. The van der Waals surface area contributed by atoms with Crippen molar-refractivity contribution < 1.29 is 9.53 Å². The first-order valence-corrected chi connectivity index (χ1v) is 11.1. The zero-order valence-corrected chi connectivity index (χ0v) is 17.6. The van der Waals surface area contributed by atoms with Crippen LogP contribution in [-0.4, -0.2) is 54.7 Å². The summed E-state index contributed by atoms with van der Waals surface area (Å²) in [7, 11) is 0. The summed E-state index contributed by atoms with van der Waals surface area (Å²) in [6.45, 7) is 9.22. The van der Waals surface area contributed by atoms with E-state index in [1.165, 1.54) is 28.9 Å². The molecule has 3 heterocycles. The molecule has 28 heavy (non-hydrogen) atoms. The molecular weight excluding hydrogens is 370 g/mol. The van der Waals surface area contributed by atoms with Gasteiger partial charge < -0.3 is 15.0 Å². The highest BCUT2D eigenvalue weighted by Crippen LogP contribution is 2.27. The number of carbonyl (C=O) groups excluding carboxylic acids is 1. The van der Waals surface area contributed by atoms with Crippen LogP contribution in [0.1, 0.15) is 40.9 Å². The average Bonchev–Trinajstić information content (AvgIpc) is 3.35. The molecule has 1 N–H and O–H groups in total. The zero-order chi connectivity index (χ0) is 19.5. The Morgan fingerprint density at radius 3 is 2.82 bits per heavy atom. The van der Waals surface area contributed by atoms with Crippen molar-refractivity contribution in [3.05, 3.63) is 40.4 Å². The van der Waals surface area contributed by atoms with Gasteiger partial charge in [0.1, 0.15) is 10.7 Å². The summed E-state index contributed by atoms with van der Waals surface area (Å²) in [6.07, 6.45) is 3.20. The normalized spacial score (nSPS) is 21.1. The van der Waals surface area contributed by atoms with Crippen LogP contribution in [0.5, 0.6) is 0 Å². The van der Waals surface area contributed by atoms with Crippen molar-refractivity contribution in [1.29, 1.82) is 0 Å². The van der Waals surface area contributed by atoms with E-state index in [-0.39, 0.29) is 11.9 Å². The van der Waals surface area contributed by atoms with E-state index < -0.39 is 0 Å². The van der Waals surface area contributed by atoms with Gasteiger partial charge in [-0.05, 0) is 44.6 Å². The monoisotopic (exact) mass is 399 g/mol. The second kappa shape index (κ2) is 8.72. The Morgan fingerprint density at radius 2 is 2.11 bits per heavy atom. The molecular formula is C22H29N3O2S. The molecule has 150 valence electrons. The highest BCUT2D eigenvalue weighted by atomic mass is 32.1. The highest BCUT2D eigenvalue weighted by molar-refractivity contribution is 7.13. The van der Waals surface area contributed by atoms with Gasteiger partial charge in [-0.15, -0.1) is 11.3 Å². The Morgan fingerprint density at radius 1 is 1.29 bits per heavy atom. The molecule has 1 aromatic heterocycles. The van der Waals surface area contributed by atoms with Gasteiger partial charge in [-0.3, -0.25) is 4.79 Å². The molecule has 2 aliphatic rings. The molecule has 2 saturated heterocycles. The van der Waals surface area contributed by atoms with Crippen LogP contribution in [0.25, 0.3) is 10.6 Å². The predicted molar refractivity (Wildman–Crippen MR) is 113 cm³/mol. The number of amides is 1. The molecule has 0 saturated carbocycles. The molecule has 1 unspecified atom stereocenters. The summed E-state index contributed by atoms with van der Waals surface area (Å²) in [6, 6.07) is 6.59.